The molecule has 2 atom stereocenters. The van der Waals surface area contributed by atoms with Gasteiger partial charge in [0.05, 0.1) is 0 Å². The summed E-state index contributed by atoms with van der Waals surface area (Å²) >= 11 is 0. The van der Waals surface area contributed by atoms with Crippen molar-refractivity contribution >= 4 is 5.97 Å². The number of esters is 1. The van der Waals surface area contributed by atoms with Crippen molar-refractivity contribution in [2.75, 3.05) is 6.61 Å². The summed E-state index contributed by atoms with van der Waals surface area (Å²) in [6.07, 6.45) is 0. The van der Waals surface area contributed by atoms with Crippen LogP contribution in [0.25, 0.3) is 0 Å². The second-order valence-electron chi connectivity index (χ2n) is 4.22. The molecule has 0 spiro atoms. The van der Waals surface area contributed by atoms with E-state index in [-0.39, 0.29) is 12.5 Å². The lowest BCUT2D eigenvalue weighted by molar-refractivity contribution is -0.158. The molecular weight excluding hydrogens is 170 g/mol. The van der Waals surface area contributed by atoms with Crippen LogP contribution >= 0.6 is 0 Å². The fraction of sp³-hybridized carbons (Fsp3) is 0.889. The second-order valence-corrected chi connectivity index (χ2v) is 4.22. The van der Waals surface area contributed by atoms with E-state index in [1.54, 1.807) is 27.7 Å². The number of nitrogens with two attached hydrogens (primary N) is 1. The molecule has 2 unspecified atom stereocenters. The number of ether oxygens (including phenoxy) is 1. The van der Waals surface area contributed by atoms with Crippen LogP contribution < -0.4 is 5.73 Å². The molecule has 78 valence electrons. The van der Waals surface area contributed by atoms with Crippen molar-refractivity contribution in [2.24, 2.45) is 11.7 Å². The Bertz CT molecular complexity index is 174. The van der Waals surface area contributed by atoms with E-state index in [9.17, 15) is 4.79 Å². The molecule has 0 saturated carbocycles. The van der Waals surface area contributed by atoms with Crippen molar-refractivity contribution < 1.29 is 14.6 Å². The molecule has 0 aliphatic heterocycles. The molecule has 0 fully saturated rings. The predicted molar refractivity (Wildman–Crippen MR) is 50.1 cm³/mol. The van der Waals surface area contributed by atoms with Crippen LogP contribution in [0.1, 0.15) is 27.7 Å². The van der Waals surface area contributed by atoms with Gasteiger partial charge >= 0.3 is 5.97 Å². The highest BCUT2D eigenvalue weighted by molar-refractivity contribution is 5.76. The Hall–Kier alpha value is -0.610. The van der Waals surface area contributed by atoms with Crippen molar-refractivity contribution in [1.29, 1.82) is 0 Å². The molecule has 0 saturated heterocycles. The van der Waals surface area contributed by atoms with Crippen molar-refractivity contribution in [1.82, 2.24) is 0 Å². The van der Waals surface area contributed by atoms with E-state index in [0.717, 1.165) is 0 Å². The molecule has 0 bridgehead atoms. The van der Waals surface area contributed by atoms with Gasteiger partial charge in [0.1, 0.15) is 11.6 Å². The quantitative estimate of drug-likeness (QED) is 0.626. The maximum Gasteiger partial charge on any atom is 0.323 e. The Morgan fingerprint density at radius 2 is 2.00 bits per heavy atom. The lowest BCUT2D eigenvalue weighted by Gasteiger charge is -2.24. The van der Waals surface area contributed by atoms with Crippen LogP contribution in [0.2, 0.25) is 0 Å². The molecule has 3 N–H and O–H groups in total. The summed E-state index contributed by atoms with van der Waals surface area (Å²) in [5.41, 5.74) is 5.02. The monoisotopic (exact) mass is 189 g/mol. The molecular formula is C9H19NO3. The summed E-state index contributed by atoms with van der Waals surface area (Å²) in [5.74, 6) is -0.733. The molecule has 0 aromatic carbocycles. The standard InChI is InChI=1S/C9H19NO3/c1-6(5-11)7(10)8(12)13-9(2,3)4/h6-7,11H,5,10H2,1-4H3. The second kappa shape index (κ2) is 4.58. The van der Waals surface area contributed by atoms with E-state index in [4.69, 9.17) is 15.6 Å². The number of hydrogen-bond donors (Lipinski definition) is 2. The summed E-state index contributed by atoms with van der Waals surface area (Å²) in [6.45, 7) is 6.93. The highest BCUT2D eigenvalue weighted by atomic mass is 16.6. The van der Waals surface area contributed by atoms with Crippen LogP contribution in [0.4, 0.5) is 0 Å². The maximum absolute atomic E-state index is 11.3. The Balaban J connectivity index is 4.12. The zero-order valence-corrected chi connectivity index (χ0v) is 8.70. The van der Waals surface area contributed by atoms with Gasteiger partial charge in [-0.3, -0.25) is 4.79 Å². The fourth-order valence-electron chi connectivity index (χ4n) is 0.716. The van der Waals surface area contributed by atoms with Crippen LogP contribution in [0, 0.1) is 5.92 Å². The first-order valence-electron chi connectivity index (χ1n) is 4.37. The average Bonchev–Trinajstić information content (AvgIpc) is 1.98. The smallest absolute Gasteiger partial charge is 0.323 e. The first-order chi connectivity index (χ1) is 5.78. The van der Waals surface area contributed by atoms with Crippen molar-refractivity contribution in [2.45, 2.75) is 39.3 Å². The number of rotatable bonds is 3. The summed E-state index contributed by atoms with van der Waals surface area (Å²) in [4.78, 5) is 11.3. The summed E-state index contributed by atoms with van der Waals surface area (Å²) in [5, 5.41) is 8.76. The third-order valence-electron chi connectivity index (χ3n) is 1.58. The molecule has 4 heteroatoms. The molecule has 0 amide bonds. The molecule has 0 aromatic rings. The summed E-state index contributed by atoms with van der Waals surface area (Å²) in [7, 11) is 0. The zero-order chi connectivity index (χ0) is 10.6. The van der Waals surface area contributed by atoms with Crippen molar-refractivity contribution in [3.8, 4) is 0 Å². The van der Waals surface area contributed by atoms with E-state index >= 15 is 0 Å². The third kappa shape index (κ3) is 4.85. The molecule has 4 nitrogen and oxygen atoms in total. The van der Waals surface area contributed by atoms with Crippen LogP contribution in [0.15, 0.2) is 0 Å². The van der Waals surface area contributed by atoms with Gasteiger partial charge in [0.25, 0.3) is 0 Å². The molecule has 0 radical (unpaired) electrons. The number of hydrogen-bond acceptors (Lipinski definition) is 4. The first kappa shape index (κ1) is 12.4. The van der Waals surface area contributed by atoms with Crippen LogP contribution in [0.5, 0.6) is 0 Å². The van der Waals surface area contributed by atoms with Crippen LogP contribution in [-0.4, -0.2) is 29.3 Å². The van der Waals surface area contributed by atoms with Gasteiger partial charge < -0.3 is 15.6 Å². The van der Waals surface area contributed by atoms with E-state index < -0.39 is 17.6 Å². The topological polar surface area (TPSA) is 72.5 Å². The zero-order valence-electron chi connectivity index (χ0n) is 8.70. The lowest BCUT2D eigenvalue weighted by Crippen LogP contribution is -2.42. The molecule has 0 heterocycles. The van der Waals surface area contributed by atoms with Crippen LogP contribution in [-0.2, 0) is 9.53 Å². The summed E-state index contributed by atoms with van der Waals surface area (Å²) in [6, 6.07) is -0.746. The van der Waals surface area contributed by atoms with Gasteiger partial charge in [-0.25, -0.2) is 0 Å². The molecule has 0 rings (SSSR count). The normalized spacial score (nSPS) is 16.5. The molecule has 13 heavy (non-hydrogen) atoms. The van der Waals surface area contributed by atoms with Gasteiger partial charge in [-0.2, -0.15) is 0 Å². The Morgan fingerprint density at radius 3 is 2.31 bits per heavy atom. The van der Waals surface area contributed by atoms with Gasteiger partial charge in [0.2, 0.25) is 0 Å². The Kier molecular flexibility index (Phi) is 4.36. The number of carbonyl (C=O) groups excluding carboxylic acids is 1. The SMILES string of the molecule is CC(CO)C(N)C(=O)OC(C)(C)C. The van der Waals surface area contributed by atoms with Gasteiger partial charge in [-0.15, -0.1) is 0 Å². The van der Waals surface area contributed by atoms with E-state index in [1.165, 1.54) is 0 Å². The Labute approximate surface area is 79.1 Å². The van der Waals surface area contributed by atoms with Crippen LogP contribution in [0.3, 0.4) is 0 Å². The van der Waals surface area contributed by atoms with Crippen molar-refractivity contribution in [3.63, 3.8) is 0 Å². The third-order valence-corrected chi connectivity index (χ3v) is 1.58. The minimum absolute atomic E-state index is 0.111. The lowest BCUT2D eigenvalue weighted by atomic mass is 10.0. The van der Waals surface area contributed by atoms with Gasteiger partial charge in [0, 0.05) is 12.5 Å². The average molecular weight is 189 g/mol. The Morgan fingerprint density at radius 1 is 1.54 bits per heavy atom. The molecule has 0 aliphatic carbocycles. The van der Waals surface area contributed by atoms with E-state index in [1.807, 2.05) is 0 Å². The minimum Gasteiger partial charge on any atom is -0.459 e. The van der Waals surface area contributed by atoms with Gasteiger partial charge in [-0.05, 0) is 20.8 Å². The van der Waals surface area contributed by atoms with E-state index in [2.05, 4.69) is 0 Å². The number of aliphatic hydroxyl groups excluding tert-OH is 1. The van der Waals surface area contributed by atoms with E-state index in [0.29, 0.717) is 0 Å². The first-order valence-corrected chi connectivity index (χ1v) is 4.37. The van der Waals surface area contributed by atoms with Crippen molar-refractivity contribution in [3.05, 3.63) is 0 Å². The number of aliphatic hydroxyl groups is 1. The highest BCUT2D eigenvalue weighted by Crippen LogP contribution is 2.10. The predicted octanol–water partition coefficient (Wildman–Crippen LogP) is 0.284. The number of carbonyl (C=O) groups is 1. The van der Waals surface area contributed by atoms with Gasteiger partial charge in [-0.1, -0.05) is 6.92 Å². The molecule has 0 aromatic heterocycles. The van der Waals surface area contributed by atoms with Gasteiger partial charge in [0.15, 0.2) is 0 Å². The highest BCUT2D eigenvalue weighted by Gasteiger charge is 2.25. The summed E-state index contributed by atoms with van der Waals surface area (Å²) < 4.78 is 5.05. The fourth-order valence-corrected chi connectivity index (χ4v) is 0.716. The maximum atomic E-state index is 11.3. The molecule has 0 aliphatic rings. The largest absolute Gasteiger partial charge is 0.459 e. The minimum atomic E-state index is -0.746.